The van der Waals surface area contributed by atoms with Crippen LogP contribution < -0.4 is 5.32 Å². The highest BCUT2D eigenvalue weighted by molar-refractivity contribution is 5.98. The van der Waals surface area contributed by atoms with Crippen molar-refractivity contribution in [1.29, 1.82) is 0 Å². The van der Waals surface area contributed by atoms with Crippen LogP contribution in [0, 0.1) is 0 Å². The number of hydrogen-bond donors (Lipinski definition) is 3. The molecule has 0 radical (unpaired) electrons. The van der Waals surface area contributed by atoms with Crippen molar-refractivity contribution in [3.8, 4) is 5.75 Å². The van der Waals surface area contributed by atoms with Crippen LogP contribution in [0.15, 0.2) is 24.3 Å². The molecule has 0 saturated carbocycles. The largest absolute Gasteiger partial charge is 0.508 e. The molecule has 3 N–H and O–H groups in total. The van der Waals surface area contributed by atoms with Crippen LogP contribution in [-0.2, 0) is 16.0 Å². The molecular formula is C11H11NO4. The van der Waals surface area contributed by atoms with E-state index in [1.54, 1.807) is 12.1 Å². The number of carbonyl (C=O) groups excluding carboxylic acids is 1. The third kappa shape index (κ3) is 1.71. The topological polar surface area (TPSA) is 86.6 Å². The first-order valence-electron chi connectivity index (χ1n) is 4.84. The number of aromatic hydroxyl groups is 1. The van der Waals surface area contributed by atoms with Crippen molar-refractivity contribution in [3.63, 3.8) is 0 Å². The van der Waals surface area contributed by atoms with E-state index >= 15 is 0 Å². The van der Waals surface area contributed by atoms with Gasteiger partial charge in [-0.25, -0.2) is 4.79 Å². The van der Waals surface area contributed by atoms with Crippen molar-refractivity contribution in [3.05, 3.63) is 29.8 Å². The van der Waals surface area contributed by atoms with Gasteiger partial charge in [0.1, 0.15) is 5.75 Å². The molecule has 16 heavy (non-hydrogen) atoms. The van der Waals surface area contributed by atoms with Crippen LogP contribution in [0.4, 0.5) is 0 Å². The minimum Gasteiger partial charge on any atom is -0.508 e. The van der Waals surface area contributed by atoms with E-state index in [1.165, 1.54) is 12.1 Å². The Morgan fingerprint density at radius 3 is 2.38 bits per heavy atom. The van der Waals surface area contributed by atoms with Crippen molar-refractivity contribution in [2.24, 2.45) is 0 Å². The van der Waals surface area contributed by atoms with Gasteiger partial charge in [0.15, 0.2) is 5.54 Å². The van der Waals surface area contributed by atoms with Crippen molar-refractivity contribution in [2.45, 2.75) is 18.4 Å². The summed E-state index contributed by atoms with van der Waals surface area (Å²) in [6.07, 6.45) is 0.234. The monoisotopic (exact) mass is 221 g/mol. The Kier molecular flexibility index (Phi) is 2.30. The molecule has 1 heterocycles. The van der Waals surface area contributed by atoms with Crippen molar-refractivity contribution < 1.29 is 19.8 Å². The number of benzene rings is 1. The molecule has 1 amide bonds. The zero-order valence-electron chi connectivity index (χ0n) is 8.43. The molecule has 84 valence electrons. The first kappa shape index (κ1) is 10.5. The average Bonchev–Trinajstić information content (AvgIpc) is 2.18. The van der Waals surface area contributed by atoms with Gasteiger partial charge in [0.2, 0.25) is 5.91 Å². The summed E-state index contributed by atoms with van der Waals surface area (Å²) in [7, 11) is 0. The Labute approximate surface area is 91.7 Å². The van der Waals surface area contributed by atoms with Gasteiger partial charge in [-0.3, -0.25) is 4.79 Å². The van der Waals surface area contributed by atoms with E-state index in [9.17, 15) is 9.59 Å². The SMILES string of the molecule is O=C1CC(Cc2ccc(O)cc2)(C(=O)O)N1. The van der Waals surface area contributed by atoms with E-state index in [0.29, 0.717) is 0 Å². The summed E-state index contributed by atoms with van der Waals surface area (Å²) in [5, 5.41) is 20.6. The molecule has 1 aromatic carbocycles. The van der Waals surface area contributed by atoms with Gasteiger partial charge in [-0.15, -0.1) is 0 Å². The van der Waals surface area contributed by atoms with Crippen LogP contribution in [0.1, 0.15) is 12.0 Å². The summed E-state index contributed by atoms with van der Waals surface area (Å²) in [6, 6.07) is 6.27. The maximum Gasteiger partial charge on any atom is 0.330 e. The lowest BCUT2D eigenvalue weighted by Gasteiger charge is -2.38. The van der Waals surface area contributed by atoms with E-state index in [0.717, 1.165) is 5.56 Å². The molecule has 1 atom stereocenters. The van der Waals surface area contributed by atoms with Crippen molar-refractivity contribution in [2.75, 3.05) is 0 Å². The van der Waals surface area contributed by atoms with Crippen molar-refractivity contribution in [1.82, 2.24) is 5.32 Å². The molecule has 1 unspecified atom stereocenters. The zero-order chi connectivity index (χ0) is 11.8. The molecule has 0 spiro atoms. The highest BCUT2D eigenvalue weighted by Gasteiger charge is 2.49. The number of rotatable bonds is 3. The number of nitrogens with one attached hydrogen (secondary N) is 1. The van der Waals surface area contributed by atoms with Gasteiger partial charge >= 0.3 is 5.97 Å². The summed E-state index contributed by atoms with van der Waals surface area (Å²) >= 11 is 0. The highest BCUT2D eigenvalue weighted by atomic mass is 16.4. The molecule has 5 heteroatoms. The molecular weight excluding hydrogens is 210 g/mol. The Hall–Kier alpha value is -2.04. The van der Waals surface area contributed by atoms with Gasteiger partial charge < -0.3 is 15.5 Å². The lowest BCUT2D eigenvalue weighted by Crippen LogP contribution is -2.66. The Bertz CT molecular complexity index is 430. The molecule has 1 aromatic rings. The first-order valence-corrected chi connectivity index (χ1v) is 4.84. The Morgan fingerprint density at radius 2 is 1.94 bits per heavy atom. The number of phenols is 1. The average molecular weight is 221 g/mol. The van der Waals surface area contributed by atoms with E-state index in [1.807, 2.05) is 0 Å². The molecule has 2 rings (SSSR count). The van der Waals surface area contributed by atoms with Gasteiger partial charge in [0.25, 0.3) is 0 Å². The predicted molar refractivity (Wildman–Crippen MR) is 54.9 cm³/mol. The third-order valence-electron chi connectivity index (χ3n) is 2.69. The smallest absolute Gasteiger partial charge is 0.330 e. The van der Waals surface area contributed by atoms with E-state index < -0.39 is 11.5 Å². The van der Waals surface area contributed by atoms with E-state index in [2.05, 4.69) is 5.32 Å². The van der Waals surface area contributed by atoms with Gasteiger partial charge in [0, 0.05) is 6.42 Å². The molecule has 1 saturated heterocycles. The molecule has 1 aliphatic heterocycles. The van der Waals surface area contributed by atoms with Crippen LogP contribution >= 0.6 is 0 Å². The third-order valence-corrected chi connectivity index (χ3v) is 2.69. The number of carboxylic acids is 1. The second kappa shape index (κ2) is 3.52. The highest BCUT2D eigenvalue weighted by Crippen LogP contribution is 2.26. The number of β-lactam (4-membered cyclic amide) rings is 1. The van der Waals surface area contributed by atoms with Gasteiger partial charge in [0.05, 0.1) is 6.42 Å². The van der Waals surface area contributed by atoms with Gasteiger partial charge in [-0.1, -0.05) is 12.1 Å². The number of carbonyl (C=O) groups is 2. The van der Waals surface area contributed by atoms with E-state index in [-0.39, 0.29) is 24.5 Å². The normalized spacial score (nSPS) is 23.4. The maximum atomic E-state index is 11.1. The molecule has 1 fully saturated rings. The molecule has 5 nitrogen and oxygen atoms in total. The summed E-state index contributed by atoms with van der Waals surface area (Å²) in [6.45, 7) is 0. The fourth-order valence-electron chi connectivity index (χ4n) is 1.80. The number of phenolic OH excluding ortho intramolecular Hbond substituents is 1. The molecule has 0 bridgehead atoms. The molecule has 0 aromatic heterocycles. The minimum absolute atomic E-state index is 0.00318. The number of carboxylic acid groups (broad SMARTS) is 1. The predicted octanol–water partition coefficient (Wildman–Crippen LogP) is 0.278. The van der Waals surface area contributed by atoms with Crippen LogP contribution in [0.5, 0.6) is 5.75 Å². The quantitative estimate of drug-likeness (QED) is 0.640. The fourth-order valence-corrected chi connectivity index (χ4v) is 1.80. The second-order valence-electron chi connectivity index (χ2n) is 3.96. The summed E-state index contributed by atoms with van der Waals surface area (Å²) in [4.78, 5) is 21.9. The van der Waals surface area contributed by atoms with Crippen LogP contribution in [-0.4, -0.2) is 27.6 Å². The van der Waals surface area contributed by atoms with Crippen LogP contribution in [0.2, 0.25) is 0 Å². The van der Waals surface area contributed by atoms with Gasteiger partial charge in [-0.05, 0) is 17.7 Å². The second-order valence-corrected chi connectivity index (χ2v) is 3.96. The minimum atomic E-state index is -1.17. The fraction of sp³-hybridized carbons (Fsp3) is 0.273. The van der Waals surface area contributed by atoms with Crippen LogP contribution in [0.3, 0.4) is 0 Å². The summed E-state index contributed by atoms with van der Waals surface area (Å²) < 4.78 is 0. The van der Waals surface area contributed by atoms with Crippen LogP contribution in [0.25, 0.3) is 0 Å². The number of aliphatic carboxylic acids is 1. The first-order chi connectivity index (χ1) is 7.52. The molecule has 1 aliphatic rings. The van der Waals surface area contributed by atoms with Gasteiger partial charge in [-0.2, -0.15) is 0 Å². The zero-order valence-corrected chi connectivity index (χ0v) is 8.43. The lowest BCUT2D eigenvalue weighted by molar-refractivity contribution is -0.156. The maximum absolute atomic E-state index is 11.1. The Morgan fingerprint density at radius 1 is 1.38 bits per heavy atom. The van der Waals surface area contributed by atoms with Crippen molar-refractivity contribution >= 4 is 11.9 Å². The lowest BCUT2D eigenvalue weighted by atomic mass is 9.81. The number of amides is 1. The Balaban J connectivity index is 2.16. The standard InChI is InChI=1S/C11H11NO4/c13-8-3-1-7(2-4-8)5-11(10(15)16)6-9(14)12-11/h1-4,13H,5-6H2,(H,12,14)(H,15,16). The number of hydrogen-bond acceptors (Lipinski definition) is 3. The molecule has 0 aliphatic carbocycles. The summed E-state index contributed by atoms with van der Waals surface area (Å²) in [5.41, 5.74) is -0.408. The summed E-state index contributed by atoms with van der Waals surface area (Å²) in [5.74, 6) is -1.15. The van der Waals surface area contributed by atoms with E-state index in [4.69, 9.17) is 10.2 Å².